The van der Waals surface area contributed by atoms with Gasteiger partial charge in [0.15, 0.2) is 0 Å². The fourth-order valence-corrected chi connectivity index (χ4v) is 6.88. The molecule has 0 aliphatic rings. The second kappa shape index (κ2) is 16.6. The maximum atomic E-state index is 14.7. The summed E-state index contributed by atoms with van der Waals surface area (Å²) in [6.45, 7) is 3.94. The Balaban J connectivity index is 1.55. The van der Waals surface area contributed by atoms with Gasteiger partial charge in [-0.05, 0) is 78.6 Å². The Hall–Kier alpha value is -5.41. The van der Waals surface area contributed by atoms with Crippen molar-refractivity contribution < 1.29 is 22.7 Å². The third-order valence-corrected chi connectivity index (χ3v) is 9.92. The van der Waals surface area contributed by atoms with E-state index in [1.165, 1.54) is 17.0 Å². The van der Waals surface area contributed by atoms with Gasteiger partial charge in [0.2, 0.25) is 11.8 Å². The lowest BCUT2D eigenvalue weighted by Gasteiger charge is -2.34. The molecule has 1 atom stereocenters. The van der Waals surface area contributed by atoms with Gasteiger partial charge in [0.1, 0.15) is 24.1 Å². The number of hydrogen-bond donors (Lipinski definition) is 1. The molecule has 2 amide bonds. The van der Waals surface area contributed by atoms with Gasteiger partial charge in [-0.25, -0.2) is 8.42 Å². The summed E-state index contributed by atoms with van der Waals surface area (Å²) in [4.78, 5) is 30.0. The van der Waals surface area contributed by atoms with Crippen molar-refractivity contribution in [1.29, 1.82) is 0 Å². The van der Waals surface area contributed by atoms with Gasteiger partial charge in [0, 0.05) is 19.5 Å². The zero-order chi connectivity index (χ0) is 34.6. The van der Waals surface area contributed by atoms with Gasteiger partial charge >= 0.3 is 0 Å². The van der Waals surface area contributed by atoms with E-state index in [1.54, 1.807) is 42.5 Å². The minimum atomic E-state index is -4.21. The summed E-state index contributed by atoms with van der Waals surface area (Å²) in [6.07, 6.45) is 0.980. The number of amides is 2. The summed E-state index contributed by atoms with van der Waals surface area (Å²) >= 11 is 0. The lowest BCUT2D eigenvalue weighted by atomic mass is 10.0. The first-order chi connectivity index (χ1) is 23.8. The number of carbonyl (C=O) groups excluding carboxylic acids is 2. The van der Waals surface area contributed by atoms with Gasteiger partial charge in [-0.15, -0.1) is 0 Å². The van der Waals surface area contributed by atoms with Crippen molar-refractivity contribution >= 4 is 27.5 Å². The number of para-hydroxylation sites is 1. The predicted molar refractivity (Wildman–Crippen MR) is 193 cm³/mol. The molecule has 0 saturated carbocycles. The topological polar surface area (TPSA) is 96.0 Å². The molecule has 9 heteroatoms. The molecule has 252 valence electrons. The molecule has 0 radical (unpaired) electrons. The number of benzene rings is 5. The van der Waals surface area contributed by atoms with Crippen molar-refractivity contribution in [3.05, 3.63) is 156 Å². The van der Waals surface area contributed by atoms with E-state index < -0.39 is 28.5 Å². The van der Waals surface area contributed by atoms with Gasteiger partial charge in [-0.2, -0.15) is 0 Å². The summed E-state index contributed by atoms with van der Waals surface area (Å²) in [6, 6.07) is 40.1. The molecule has 0 fully saturated rings. The number of hydrogen-bond acceptors (Lipinski definition) is 5. The smallest absolute Gasteiger partial charge is 0.264 e. The van der Waals surface area contributed by atoms with Crippen molar-refractivity contribution in [3.63, 3.8) is 0 Å². The van der Waals surface area contributed by atoms with E-state index in [0.717, 1.165) is 27.4 Å². The fraction of sp³-hybridized carbons (Fsp3) is 0.200. The van der Waals surface area contributed by atoms with Crippen LogP contribution in [0.25, 0.3) is 0 Å². The highest BCUT2D eigenvalue weighted by Gasteiger charge is 2.34. The fourth-order valence-electron chi connectivity index (χ4n) is 5.44. The Morgan fingerprint density at radius 3 is 1.94 bits per heavy atom. The summed E-state index contributed by atoms with van der Waals surface area (Å²) in [5.74, 6) is 0.333. The Bertz CT molecular complexity index is 1920. The molecule has 0 saturated heterocycles. The first-order valence-electron chi connectivity index (χ1n) is 16.3. The Labute approximate surface area is 289 Å². The van der Waals surface area contributed by atoms with E-state index in [1.807, 2.05) is 98.8 Å². The van der Waals surface area contributed by atoms with Gasteiger partial charge in [0.05, 0.1) is 10.6 Å². The van der Waals surface area contributed by atoms with Gasteiger partial charge in [0.25, 0.3) is 10.0 Å². The SMILES string of the molecule is CCCNC(=O)C(Cc1ccccc1)N(Cc1ccccc1C)C(=O)CN(c1ccc(Oc2ccccc2)cc1)S(=O)(=O)c1ccccc1. The first-order valence-corrected chi connectivity index (χ1v) is 17.8. The summed E-state index contributed by atoms with van der Waals surface area (Å²) in [5.41, 5.74) is 2.97. The molecule has 0 bridgehead atoms. The lowest BCUT2D eigenvalue weighted by Crippen LogP contribution is -2.53. The molecule has 0 aliphatic carbocycles. The summed E-state index contributed by atoms with van der Waals surface area (Å²) < 4.78 is 35.6. The maximum Gasteiger partial charge on any atom is 0.264 e. The van der Waals surface area contributed by atoms with Crippen LogP contribution in [0.5, 0.6) is 11.5 Å². The summed E-state index contributed by atoms with van der Waals surface area (Å²) in [7, 11) is -4.21. The average Bonchev–Trinajstić information content (AvgIpc) is 3.13. The van der Waals surface area contributed by atoms with Gasteiger partial charge in [-0.3, -0.25) is 13.9 Å². The predicted octanol–water partition coefficient (Wildman–Crippen LogP) is 7.15. The number of rotatable bonds is 15. The van der Waals surface area contributed by atoms with E-state index >= 15 is 0 Å². The van der Waals surface area contributed by atoms with Gasteiger partial charge in [-0.1, -0.05) is 97.9 Å². The third kappa shape index (κ3) is 9.15. The van der Waals surface area contributed by atoms with Crippen LogP contribution in [0.4, 0.5) is 5.69 Å². The summed E-state index contributed by atoms with van der Waals surface area (Å²) in [5, 5.41) is 2.98. The first kappa shape index (κ1) is 34.9. The quantitative estimate of drug-likeness (QED) is 0.127. The molecule has 0 aliphatic heterocycles. The maximum absolute atomic E-state index is 14.7. The second-order valence-electron chi connectivity index (χ2n) is 11.7. The number of anilines is 1. The zero-order valence-electron chi connectivity index (χ0n) is 27.7. The highest BCUT2D eigenvalue weighted by atomic mass is 32.2. The Morgan fingerprint density at radius 1 is 0.735 bits per heavy atom. The van der Waals surface area contributed by atoms with Crippen molar-refractivity contribution in [2.75, 3.05) is 17.4 Å². The number of sulfonamides is 1. The minimum Gasteiger partial charge on any atom is -0.457 e. The molecule has 0 heterocycles. The average molecular weight is 676 g/mol. The molecule has 8 nitrogen and oxygen atoms in total. The van der Waals surface area contributed by atoms with E-state index in [9.17, 15) is 18.0 Å². The van der Waals surface area contributed by atoms with Crippen molar-refractivity contribution in [2.24, 2.45) is 0 Å². The second-order valence-corrected chi connectivity index (χ2v) is 13.5. The van der Waals surface area contributed by atoms with Crippen LogP contribution >= 0.6 is 0 Å². The minimum absolute atomic E-state index is 0.0411. The molecule has 1 unspecified atom stereocenters. The Morgan fingerprint density at radius 2 is 1.31 bits per heavy atom. The van der Waals surface area contributed by atoms with Gasteiger partial charge < -0.3 is 15.0 Å². The molecule has 5 aromatic carbocycles. The van der Waals surface area contributed by atoms with E-state index in [4.69, 9.17) is 4.74 Å². The molecular weight excluding hydrogens is 635 g/mol. The van der Waals surface area contributed by atoms with Crippen molar-refractivity contribution in [1.82, 2.24) is 10.2 Å². The number of ether oxygens (including phenoxy) is 1. The van der Waals surface area contributed by atoms with Crippen LogP contribution in [0.15, 0.2) is 144 Å². The molecular formula is C40H41N3O5S. The molecule has 49 heavy (non-hydrogen) atoms. The molecule has 0 aromatic heterocycles. The molecule has 1 N–H and O–H groups in total. The third-order valence-electron chi connectivity index (χ3n) is 8.14. The van der Waals surface area contributed by atoms with Crippen LogP contribution in [0.1, 0.15) is 30.0 Å². The number of nitrogens with one attached hydrogen (secondary N) is 1. The zero-order valence-corrected chi connectivity index (χ0v) is 28.6. The van der Waals surface area contributed by atoms with Crippen LogP contribution in [0.3, 0.4) is 0 Å². The Kier molecular flexibility index (Phi) is 11.8. The lowest BCUT2D eigenvalue weighted by molar-refractivity contribution is -0.140. The number of nitrogens with zero attached hydrogens (tertiary/aromatic N) is 2. The van der Waals surface area contributed by atoms with E-state index in [-0.39, 0.29) is 29.5 Å². The van der Waals surface area contributed by atoms with E-state index in [2.05, 4.69) is 5.32 Å². The highest BCUT2D eigenvalue weighted by Crippen LogP contribution is 2.29. The monoisotopic (exact) mass is 675 g/mol. The standard InChI is InChI=1S/C40H41N3O5S/c1-3-27-41-40(45)38(28-32-16-7-4-8-17-32)42(29-33-18-14-13-15-31(33)2)39(44)30-43(49(46,47)37-21-11-6-12-22-37)34-23-25-36(26-24-34)48-35-19-9-5-10-20-35/h4-26,38H,3,27-30H2,1-2H3,(H,41,45). The van der Waals surface area contributed by atoms with Crippen LogP contribution in [-0.4, -0.2) is 44.3 Å². The van der Waals surface area contributed by atoms with Crippen molar-refractivity contribution in [3.8, 4) is 11.5 Å². The molecule has 5 aromatic rings. The molecule has 5 rings (SSSR count). The number of carbonyl (C=O) groups is 2. The van der Waals surface area contributed by atoms with Crippen LogP contribution in [0, 0.1) is 6.92 Å². The number of aryl methyl sites for hydroxylation is 1. The highest BCUT2D eigenvalue weighted by molar-refractivity contribution is 7.92. The normalized spacial score (nSPS) is 11.7. The van der Waals surface area contributed by atoms with Crippen LogP contribution < -0.4 is 14.4 Å². The van der Waals surface area contributed by atoms with Crippen LogP contribution in [-0.2, 0) is 32.6 Å². The molecule has 0 spiro atoms. The van der Waals surface area contributed by atoms with Crippen LogP contribution in [0.2, 0.25) is 0 Å². The largest absolute Gasteiger partial charge is 0.457 e. The van der Waals surface area contributed by atoms with Crippen molar-refractivity contribution in [2.45, 2.75) is 44.2 Å². The van der Waals surface area contributed by atoms with E-state index in [0.29, 0.717) is 18.0 Å².